The number of rotatable bonds is 7. The minimum atomic E-state index is -0.668. The smallest absolute Gasteiger partial charge is 0.191 e. The Balaban J connectivity index is 2.02. The predicted molar refractivity (Wildman–Crippen MR) is 84.7 cm³/mol. The molecule has 0 aliphatic rings. The maximum absolute atomic E-state index is 13.9. The molecule has 0 bridgehead atoms. The van der Waals surface area contributed by atoms with Gasteiger partial charge in [-0.2, -0.15) is 0 Å². The van der Waals surface area contributed by atoms with E-state index in [0.717, 1.165) is 22.3 Å². The molecule has 1 heterocycles. The van der Waals surface area contributed by atoms with Gasteiger partial charge in [0.25, 0.3) is 0 Å². The molecule has 1 aromatic heterocycles. The van der Waals surface area contributed by atoms with Gasteiger partial charge < -0.3 is 10.1 Å². The fourth-order valence-corrected chi connectivity index (χ4v) is 3.20. The van der Waals surface area contributed by atoms with Crippen LogP contribution in [0, 0.1) is 11.6 Å². The molecule has 0 radical (unpaired) electrons. The largest absolute Gasteiger partial charge is 0.482 e. The van der Waals surface area contributed by atoms with Crippen molar-refractivity contribution in [1.82, 2.24) is 5.32 Å². The van der Waals surface area contributed by atoms with E-state index in [9.17, 15) is 8.78 Å². The molecular formula is C15H16BrF2NOS. The van der Waals surface area contributed by atoms with Crippen LogP contribution in [0.15, 0.2) is 28.1 Å². The molecule has 0 saturated carbocycles. The second kappa shape index (κ2) is 7.87. The molecule has 0 atom stereocenters. The van der Waals surface area contributed by atoms with E-state index in [1.807, 2.05) is 18.4 Å². The summed E-state index contributed by atoms with van der Waals surface area (Å²) < 4.78 is 34.1. The van der Waals surface area contributed by atoms with Crippen molar-refractivity contribution in [2.24, 2.45) is 0 Å². The lowest BCUT2D eigenvalue weighted by molar-refractivity contribution is 0.276. The Labute approximate surface area is 135 Å². The van der Waals surface area contributed by atoms with Crippen LogP contribution in [-0.2, 0) is 13.2 Å². The zero-order valence-electron chi connectivity index (χ0n) is 11.6. The van der Waals surface area contributed by atoms with Crippen molar-refractivity contribution in [3.63, 3.8) is 0 Å². The van der Waals surface area contributed by atoms with E-state index in [-0.39, 0.29) is 12.4 Å². The van der Waals surface area contributed by atoms with Gasteiger partial charge in [0.1, 0.15) is 6.61 Å². The lowest BCUT2D eigenvalue weighted by atomic mass is 10.2. The second-order valence-electron chi connectivity index (χ2n) is 4.59. The number of hydrogen-bond donors (Lipinski definition) is 1. The third-order valence-corrected chi connectivity index (χ3v) is 4.47. The molecule has 0 saturated heterocycles. The van der Waals surface area contributed by atoms with Crippen molar-refractivity contribution in [1.29, 1.82) is 0 Å². The van der Waals surface area contributed by atoms with E-state index in [1.54, 1.807) is 0 Å². The van der Waals surface area contributed by atoms with Gasteiger partial charge in [0.05, 0.1) is 0 Å². The van der Waals surface area contributed by atoms with Gasteiger partial charge in [0, 0.05) is 21.3 Å². The fraction of sp³-hybridized carbons (Fsp3) is 0.333. The molecule has 0 spiro atoms. The first-order valence-corrected chi connectivity index (χ1v) is 8.31. The minimum Gasteiger partial charge on any atom is -0.482 e. The third kappa shape index (κ3) is 4.76. The van der Waals surface area contributed by atoms with Crippen LogP contribution in [0.5, 0.6) is 5.75 Å². The maximum Gasteiger partial charge on any atom is 0.191 e. The van der Waals surface area contributed by atoms with E-state index in [4.69, 9.17) is 4.74 Å². The van der Waals surface area contributed by atoms with Crippen molar-refractivity contribution < 1.29 is 13.5 Å². The van der Waals surface area contributed by atoms with Crippen LogP contribution in [0.2, 0.25) is 0 Å². The van der Waals surface area contributed by atoms with Gasteiger partial charge in [-0.15, -0.1) is 11.3 Å². The summed E-state index contributed by atoms with van der Waals surface area (Å²) in [4.78, 5) is 0.898. The van der Waals surface area contributed by atoms with Gasteiger partial charge in [-0.3, -0.25) is 0 Å². The standard InChI is InChI=1S/C15H16BrF2NOS/c1-2-3-19-7-10-4-13(17)15(14(18)5-10)20-8-12-6-11(16)9-21-12/h4-6,9,19H,2-3,7-8H2,1H3. The summed E-state index contributed by atoms with van der Waals surface area (Å²) >= 11 is 4.80. The zero-order valence-corrected chi connectivity index (χ0v) is 14.0. The number of halogens is 3. The molecule has 6 heteroatoms. The molecule has 1 aromatic carbocycles. The zero-order chi connectivity index (χ0) is 15.2. The SMILES string of the molecule is CCCNCc1cc(F)c(OCc2cc(Br)cs2)c(F)c1. The molecule has 0 aliphatic carbocycles. The van der Waals surface area contributed by atoms with E-state index >= 15 is 0 Å². The number of benzene rings is 1. The molecule has 0 fully saturated rings. The van der Waals surface area contributed by atoms with Crippen LogP contribution >= 0.6 is 27.3 Å². The molecule has 1 N–H and O–H groups in total. The highest BCUT2D eigenvalue weighted by atomic mass is 79.9. The summed E-state index contributed by atoms with van der Waals surface area (Å²) in [6.45, 7) is 3.44. The van der Waals surface area contributed by atoms with Crippen LogP contribution in [0.1, 0.15) is 23.8 Å². The van der Waals surface area contributed by atoms with Crippen LogP contribution in [-0.4, -0.2) is 6.54 Å². The quantitative estimate of drug-likeness (QED) is 0.697. The maximum atomic E-state index is 13.9. The van der Waals surface area contributed by atoms with Crippen molar-refractivity contribution in [3.8, 4) is 5.75 Å². The van der Waals surface area contributed by atoms with E-state index < -0.39 is 11.6 Å². The van der Waals surface area contributed by atoms with E-state index in [0.29, 0.717) is 12.1 Å². The summed E-state index contributed by atoms with van der Waals surface area (Å²) in [7, 11) is 0. The van der Waals surface area contributed by atoms with E-state index in [2.05, 4.69) is 21.2 Å². The molecule has 2 rings (SSSR count). The van der Waals surface area contributed by atoms with Crippen molar-refractivity contribution in [2.45, 2.75) is 26.5 Å². The molecule has 114 valence electrons. The predicted octanol–water partition coefficient (Wildman–Crippen LogP) is 4.87. The van der Waals surface area contributed by atoms with Crippen LogP contribution in [0.3, 0.4) is 0 Å². The lowest BCUT2D eigenvalue weighted by Crippen LogP contribution is -2.14. The topological polar surface area (TPSA) is 21.3 Å². The molecular weight excluding hydrogens is 360 g/mol. The van der Waals surface area contributed by atoms with Crippen molar-refractivity contribution in [2.75, 3.05) is 6.54 Å². The summed E-state index contributed by atoms with van der Waals surface area (Å²) in [5.41, 5.74) is 0.574. The highest BCUT2D eigenvalue weighted by Gasteiger charge is 2.13. The first-order valence-electron chi connectivity index (χ1n) is 6.64. The first kappa shape index (κ1) is 16.4. The van der Waals surface area contributed by atoms with E-state index in [1.165, 1.54) is 23.5 Å². The van der Waals surface area contributed by atoms with Crippen LogP contribution < -0.4 is 10.1 Å². The summed E-state index contributed by atoms with van der Waals surface area (Å²) in [5, 5.41) is 5.00. The fourth-order valence-electron chi connectivity index (χ4n) is 1.83. The van der Waals surface area contributed by atoms with Gasteiger partial charge in [-0.25, -0.2) is 8.78 Å². The Bertz CT molecular complexity index is 580. The average Bonchev–Trinajstić information content (AvgIpc) is 2.84. The number of thiophene rings is 1. The minimum absolute atomic E-state index is 0.150. The lowest BCUT2D eigenvalue weighted by Gasteiger charge is -2.10. The van der Waals surface area contributed by atoms with Crippen LogP contribution in [0.25, 0.3) is 0 Å². The molecule has 2 aromatic rings. The monoisotopic (exact) mass is 375 g/mol. The van der Waals surface area contributed by atoms with Crippen molar-refractivity contribution in [3.05, 3.63) is 50.1 Å². The number of ether oxygens (including phenoxy) is 1. The van der Waals surface area contributed by atoms with Crippen LogP contribution in [0.4, 0.5) is 8.78 Å². The Morgan fingerprint density at radius 3 is 2.52 bits per heavy atom. The highest BCUT2D eigenvalue weighted by molar-refractivity contribution is 9.10. The molecule has 0 aliphatic heterocycles. The van der Waals surface area contributed by atoms with Crippen molar-refractivity contribution >= 4 is 27.3 Å². The van der Waals surface area contributed by atoms with Gasteiger partial charge in [0.15, 0.2) is 17.4 Å². The summed E-state index contributed by atoms with van der Waals surface area (Å²) in [6, 6.07) is 4.49. The second-order valence-corrected chi connectivity index (χ2v) is 6.50. The van der Waals surface area contributed by atoms with Gasteiger partial charge in [0.2, 0.25) is 0 Å². The normalized spacial score (nSPS) is 10.9. The molecule has 0 amide bonds. The highest BCUT2D eigenvalue weighted by Crippen LogP contribution is 2.26. The Morgan fingerprint density at radius 2 is 1.95 bits per heavy atom. The average molecular weight is 376 g/mol. The Kier molecular flexibility index (Phi) is 6.14. The molecule has 2 nitrogen and oxygen atoms in total. The summed E-state index contributed by atoms with van der Waals surface area (Å²) in [6.07, 6.45) is 0.975. The van der Waals surface area contributed by atoms with Gasteiger partial charge in [-0.1, -0.05) is 6.92 Å². The molecule has 0 unspecified atom stereocenters. The number of nitrogens with one attached hydrogen (secondary N) is 1. The third-order valence-electron chi connectivity index (χ3n) is 2.79. The van der Waals surface area contributed by atoms with Gasteiger partial charge >= 0.3 is 0 Å². The number of hydrogen-bond acceptors (Lipinski definition) is 3. The molecule has 21 heavy (non-hydrogen) atoms. The summed E-state index contributed by atoms with van der Waals surface area (Å²) in [5.74, 6) is -1.66. The Hall–Kier alpha value is -0.980. The Morgan fingerprint density at radius 1 is 1.24 bits per heavy atom. The first-order chi connectivity index (χ1) is 10.1. The van der Waals surface area contributed by atoms with Gasteiger partial charge in [-0.05, 0) is 52.7 Å².